The van der Waals surface area contributed by atoms with Crippen molar-refractivity contribution < 1.29 is 0 Å². The summed E-state index contributed by atoms with van der Waals surface area (Å²) in [7, 11) is 0. The number of hydrogen-bond donors (Lipinski definition) is 2. The van der Waals surface area contributed by atoms with E-state index in [1.54, 1.807) is 0 Å². The minimum Gasteiger partial charge on any atom is -0.354 e. The maximum atomic E-state index is 5.59. The van der Waals surface area contributed by atoms with Gasteiger partial charge in [0.25, 0.3) is 0 Å². The van der Waals surface area contributed by atoms with Crippen molar-refractivity contribution in [2.24, 2.45) is 0 Å². The zero-order valence-electron chi connectivity index (χ0n) is 35.2. The molecule has 4 aromatic heterocycles. The molecule has 2 aliphatic heterocycles. The highest BCUT2D eigenvalue weighted by atomic mass is 15.3. The Morgan fingerprint density at radius 1 is 0.338 bits per heavy atom. The van der Waals surface area contributed by atoms with E-state index in [9.17, 15) is 0 Å². The third-order valence-corrected chi connectivity index (χ3v) is 12.2. The topological polar surface area (TPSA) is 75.2 Å². The largest absolute Gasteiger partial charge is 0.354 e. The molecule has 6 nitrogen and oxygen atoms in total. The molecular formula is C59H40N6. The summed E-state index contributed by atoms with van der Waals surface area (Å²) in [5, 5.41) is 5.33. The van der Waals surface area contributed by atoms with Crippen molar-refractivity contribution in [3.63, 3.8) is 0 Å². The van der Waals surface area contributed by atoms with Gasteiger partial charge < -0.3 is 9.97 Å². The molecule has 306 valence electrons. The fourth-order valence-corrected chi connectivity index (χ4v) is 9.21. The summed E-state index contributed by atoms with van der Waals surface area (Å²) < 4.78 is 2.07. The van der Waals surface area contributed by atoms with Crippen LogP contribution in [0.1, 0.15) is 22.8 Å². The Hall–Kier alpha value is -8.87. The van der Waals surface area contributed by atoms with Gasteiger partial charge in [0.1, 0.15) is 0 Å². The molecule has 0 atom stereocenters. The average Bonchev–Trinajstić information content (AvgIpc) is 4.24. The standard InChI is InChI=1S/C59H40N6/c1-7-19-39(20-8-1)52-38-54(65(64-52)44-29-17-6-18-30-44)45-37-53-57(42-25-13-4-14-26-42)50-34-33-48(61-50)55(40-21-9-2-10-22-40)46-31-32-47(60-46)56(41-23-11-3-12-24-41)49-35-36-51(62-49)58(59(45)63-53)43-27-15-5-16-28-43/h1-38,60,63H. The fraction of sp³-hybridized carbons (Fsp3) is 0. The van der Waals surface area contributed by atoms with Crippen LogP contribution in [0.25, 0.3) is 119 Å². The van der Waals surface area contributed by atoms with Crippen molar-refractivity contribution in [2.75, 3.05) is 0 Å². The second kappa shape index (κ2) is 16.1. The molecule has 65 heavy (non-hydrogen) atoms. The lowest BCUT2D eigenvalue weighted by molar-refractivity contribution is 0.893. The minimum absolute atomic E-state index is 0.841. The molecule has 0 saturated heterocycles. The van der Waals surface area contributed by atoms with E-state index in [1.807, 2.05) is 12.1 Å². The molecule has 6 heterocycles. The van der Waals surface area contributed by atoms with Crippen LogP contribution < -0.4 is 0 Å². The second-order valence-corrected chi connectivity index (χ2v) is 16.2. The number of fused-ring (bicyclic) bond motifs is 8. The molecule has 8 bridgehead atoms. The van der Waals surface area contributed by atoms with Gasteiger partial charge in [-0.05, 0) is 83.0 Å². The van der Waals surface area contributed by atoms with E-state index >= 15 is 0 Å². The van der Waals surface area contributed by atoms with Crippen LogP contribution in [-0.2, 0) is 0 Å². The molecule has 0 spiro atoms. The van der Waals surface area contributed by atoms with Crippen LogP contribution in [0.5, 0.6) is 0 Å². The van der Waals surface area contributed by atoms with Crippen molar-refractivity contribution in [3.05, 3.63) is 229 Å². The van der Waals surface area contributed by atoms with Crippen LogP contribution in [0.4, 0.5) is 0 Å². The zero-order chi connectivity index (χ0) is 43.1. The highest BCUT2D eigenvalue weighted by Gasteiger charge is 2.23. The van der Waals surface area contributed by atoms with E-state index in [4.69, 9.17) is 15.1 Å². The van der Waals surface area contributed by atoms with Crippen LogP contribution in [0.3, 0.4) is 0 Å². The SMILES string of the molecule is C1=Cc2nc1c(-c1ccccc1)c1ccc([nH]1)c(-c1ccccc1)c1nc(c(-c3ccccc3)c3[nH]c(cc3-c3cc(-c4ccccc4)nn3-c3ccccc3)c2-c2ccccc2)C=C1. The quantitative estimate of drug-likeness (QED) is 0.168. The normalized spacial score (nSPS) is 11.9. The summed E-state index contributed by atoms with van der Waals surface area (Å²) in [4.78, 5) is 19.1. The Bertz CT molecular complexity index is 3600. The first-order valence-corrected chi connectivity index (χ1v) is 21.9. The van der Waals surface area contributed by atoms with E-state index in [2.05, 4.69) is 233 Å². The lowest BCUT2D eigenvalue weighted by Gasteiger charge is -2.09. The third-order valence-electron chi connectivity index (χ3n) is 12.2. The average molecular weight is 833 g/mol. The molecule has 0 fully saturated rings. The Labute approximate surface area is 376 Å². The summed E-state index contributed by atoms with van der Waals surface area (Å²) in [5.74, 6) is 0. The summed E-state index contributed by atoms with van der Waals surface area (Å²) in [6.07, 6.45) is 8.61. The van der Waals surface area contributed by atoms with E-state index in [0.717, 1.165) is 118 Å². The van der Waals surface area contributed by atoms with Crippen LogP contribution in [0, 0.1) is 0 Å². The van der Waals surface area contributed by atoms with Gasteiger partial charge in [-0.15, -0.1) is 0 Å². The van der Waals surface area contributed by atoms with Crippen LogP contribution in [-0.4, -0.2) is 29.7 Å². The summed E-state index contributed by atoms with van der Waals surface area (Å²) in [6, 6.07) is 71.8. The molecule has 0 aliphatic carbocycles. The third kappa shape index (κ3) is 6.90. The number of hydrogen-bond acceptors (Lipinski definition) is 3. The van der Waals surface area contributed by atoms with E-state index < -0.39 is 0 Å². The van der Waals surface area contributed by atoms with Gasteiger partial charge in [0.05, 0.1) is 45.4 Å². The predicted molar refractivity (Wildman–Crippen MR) is 269 cm³/mol. The second-order valence-electron chi connectivity index (χ2n) is 16.2. The van der Waals surface area contributed by atoms with Gasteiger partial charge in [0.2, 0.25) is 0 Å². The smallest absolute Gasteiger partial charge is 0.0934 e. The summed E-state index contributed by atoms with van der Waals surface area (Å²) >= 11 is 0. The number of para-hydroxylation sites is 1. The molecule has 0 radical (unpaired) electrons. The maximum Gasteiger partial charge on any atom is 0.0934 e. The number of aromatic nitrogens is 6. The summed E-state index contributed by atoms with van der Waals surface area (Å²) in [5.41, 5.74) is 20.1. The highest BCUT2D eigenvalue weighted by Crippen LogP contribution is 2.42. The number of rotatable bonds is 7. The van der Waals surface area contributed by atoms with Crippen molar-refractivity contribution in [1.29, 1.82) is 0 Å². The minimum atomic E-state index is 0.841. The molecule has 2 N–H and O–H groups in total. The Morgan fingerprint density at radius 3 is 1.18 bits per heavy atom. The number of H-pyrrole nitrogens is 2. The van der Waals surface area contributed by atoms with Crippen molar-refractivity contribution in [3.8, 4) is 72.7 Å². The molecule has 6 heteroatoms. The Morgan fingerprint density at radius 2 is 0.723 bits per heavy atom. The Kier molecular flexibility index (Phi) is 9.38. The molecule has 0 amide bonds. The predicted octanol–water partition coefficient (Wildman–Crippen LogP) is 14.8. The number of nitrogens with one attached hydrogen (secondary N) is 2. The van der Waals surface area contributed by atoms with Gasteiger partial charge in [-0.25, -0.2) is 14.6 Å². The molecule has 10 aromatic rings. The summed E-state index contributed by atoms with van der Waals surface area (Å²) in [6.45, 7) is 0. The molecule has 0 unspecified atom stereocenters. The van der Waals surface area contributed by atoms with Crippen LogP contribution >= 0.6 is 0 Å². The Balaban J connectivity index is 1.30. The molecule has 2 aliphatic rings. The van der Waals surface area contributed by atoms with Gasteiger partial charge >= 0.3 is 0 Å². The molecule has 0 saturated carbocycles. The first kappa shape index (κ1) is 37.9. The van der Waals surface area contributed by atoms with Crippen LogP contribution in [0.2, 0.25) is 0 Å². The highest BCUT2D eigenvalue weighted by molar-refractivity contribution is 6.04. The van der Waals surface area contributed by atoms with E-state index in [1.165, 1.54) is 0 Å². The van der Waals surface area contributed by atoms with E-state index in [-0.39, 0.29) is 0 Å². The molecular weight excluding hydrogens is 793 g/mol. The monoisotopic (exact) mass is 832 g/mol. The number of aromatic amines is 2. The van der Waals surface area contributed by atoms with Crippen molar-refractivity contribution >= 4 is 46.4 Å². The number of nitrogens with zero attached hydrogens (tertiary/aromatic N) is 4. The number of benzene rings is 6. The van der Waals surface area contributed by atoms with E-state index in [0.29, 0.717) is 0 Å². The van der Waals surface area contributed by atoms with Crippen LogP contribution in [0.15, 0.2) is 206 Å². The fourth-order valence-electron chi connectivity index (χ4n) is 9.21. The zero-order valence-corrected chi connectivity index (χ0v) is 35.2. The van der Waals surface area contributed by atoms with Gasteiger partial charge in [-0.1, -0.05) is 170 Å². The van der Waals surface area contributed by atoms with Gasteiger partial charge in [-0.2, -0.15) is 5.10 Å². The molecule has 12 rings (SSSR count). The maximum absolute atomic E-state index is 5.59. The van der Waals surface area contributed by atoms with Gasteiger partial charge in [0, 0.05) is 49.9 Å². The van der Waals surface area contributed by atoms with Gasteiger partial charge in [0.15, 0.2) is 0 Å². The first-order valence-electron chi connectivity index (χ1n) is 21.9. The molecule has 6 aromatic carbocycles. The lowest BCUT2D eigenvalue weighted by atomic mass is 10.00. The van der Waals surface area contributed by atoms with Crippen molar-refractivity contribution in [2.45, 2.75) is 0 Å². The van der Waals surface area contributed by atoms with Gasteiger partial charge in [-0.3, -0.25) is 0 Å². The van der Waals surface area contributed by atoms with Crippen molar-refractivity contribution in [1.82, 2.24) is 29.7 Å². The lowest BCUT2D eigenvalue weighted by Crippen LogP contribution is -1.99. The first-order chi connectivity index (χ1) is 32.2.